The minimum Gasteiger partial charge on any atom is -0.479 e. The molecule has 2 atom stereocenters. The van der Waals surface area contributed by atoms with Gasteiger partial charge in [-0.15, -0.1) is 0 Å². The number of amides is 1. The van der Waals surface area contributed by atoms with E-state index in [0.717, 1.165) is 6.26 Å². The average Bonchev–Trinajstić information content (AvgIpc) is 2.61. The van der Waals surface area contributed by atoms with Gasteiger partial charge in [0.1, 0.15) is 0 Å². The van der Waals surface area contributed by atoms with Crippen molar-refractivity contribution in [1.29, 1.82) is 0 Å². The van der Waals surface area contributed by atoms with Crippen molar-refractivity contribution < 1.29 is 23.1 Å². The lowest BCUT2D eigenvalue weighted by Crippen LogP contribution is -2.64. The van der Waals surface area contributed by atoms with Crippen molar-refractivity contribution in [2.75, 3.05) is 6.26 Å². The van der Waals surface area contributed by atoms with E-state index in [1.807, 2.05) is 0 Å². The van der Waals surface area contributed by atoms with Gasteiger partial charge in [0.15, 0.2) is 15.4 Å². The van der Waals surface area contributed by atoms with Crippen molar-refractivity contribution in [1.82, 2.24) is 4.90 Å². The van der Waals surface area contributed by atoms with Gasteiger partial charge in [0.2, 0.25) is 5.91 Å². The Morgan fingerprint density at radius 2 is 1.89 bits per heavy atom. The lowest BCUT2D eigenvalue weighted by Gasteiger charge is -2.43. The Morgan fingerprint density at radius 3 is 2.21 bits per heavy atom. The first kappa shape index (κ1) is 15.9. The fourth-order valence-corrected chi connectivity index (χ4v) is 4.89. The molecule has 1 aliphatic rings. The molecule has 2 unspecified atom stereocenters. The maximum atomic E-state index is 11.9. The summed E-state index contributed by atoms with van der Waals surface area (Å²) in [5.74, 6) is -1.64. The van der Waals surface area contributed by atoms with Crippen LogP contribution in [0, 0.1) is 0 Å². The van der Waals surface area contributed by atoms with Crippen LogP contribution in [0.15, 0.2) is 0 Å². The third kappa shape index (κ3) is 2.61. The van der Waals surface area contributed by atoms with Crippen molar-refractivity contribution in [2.45, 2.75) is 56.9 Å². The minimum absolute atomic E-state index is 0.178. The van der Waals surface area contributed by atoms with Gasteiger partial charge in [-0.3, -0.25) is 4.79 Å². The molecule has 0 aliphatic heterocycles. The van der Waals surface area contributed by atoms with Crippen LogP contribution in [0.2, 0.25) is 0 Å². The summed E-state index contributed by atoms with van der Waals surface area (Å²) < 4.78 is 23.8. The molecule has 0 aromatic rings. The summed E-state index contributed by atoms with van der Waals surface area (Å²) in [6, 6.07) is -0.365. The van der Waals surface area contributed by atoms with Gasteiger partial charge in [-0.25, -0.2) is 13.2 Å². The molecule has 1 fully saturated rings. The SMILES string of the molecule is CC(=O)N(C(C)C)C1(C(=O)O)CCCC1S(C)(=O)=O. The number of carboxylic acid groups (broad SMARTS) is 1. The maximum absolute atomic E-state index is 11.9. The topological polar surface area (TPSA) is 91.8 Å². The highest BCUT2D eigenvalue weighted by Gasteiger charge is 2.59. The zero-order valence-electron chi connectivity index (χ0n) is 11.7. The molecule has 1 N–H and O–H groups in total. The van der Waals surface area contributed by atoms with Crippen LogP contribution in [0.5, 0.6) is 0 Å². The van der Waals surface area contributed by atoms with Crippen molar-refractivity contribution in [3.05, 3.63) is 0 Å². The number of hydrogen-bond donors (Lipinski definition) is 1. The third-order valence-electron chi connectivity index (χ3n) is 3.73. The highest BCUT2D eigenvalue weighted by atomic mass is 32.2. The Balaban J connectivity index is 3.47. The number of hydrogen-bond acceptors (Lipinski definition) is 4. The number of carbonyl (C=O) groups is 2. The Morgan fingerprint density at radius 1 is 1.37 bits per heavy atom. The smallest absolute Gasteiger partial charge is 0.331 e. The van der Waals surface area contributed by atoms with E-state index < -0.39 is 32.5 Å². The lowest BCUT2D eigenvalue weighted by atomic mass is 9.93. The van der Waals surface area contributed by atoms with Crippen molar-refractivity contribution in [2.24, 2.45) is 0 Å². The second-order valence-electron chi connectivity index (χ2n) is 5.42. The zero-order chi connectivity index (χ0) is 15.0. The molecule has 1 aliphatic carbocycles. The van der Waals surface area contributed by atoms with Gasteiger partial charge in [0.25, 0.3) is 0 Å². The van der Waals surface area contributed by atoms with Gasteiger partial charge in [-0.05, 0) is 33.1 Å². The number of sulfone groups is 1. The predicted molar refractivity (Wildman–Crippen MR) is 70.5 cm³/mol. The van der Waals surface area contributed by atoms with Crippen molar-refractivity contribution in [3.8, 4) is 0 Å². The van der Waals surface area contributed by atoms with Crippen molar-refractivity contribution >= 4 is 21.7 Å². The minimum atomic E-state index is -3.54. The molecule has 0 radical (unpaired) electrons. The molecular formula is C12H21NO5S. The van der Waals surface area contributed by atoms with E-state index in [9.17, 15) is 23.1 Å². The second kappa shape index (κ2) is 5.11. The number of rotatable bonds is 4. The van der Waals surface area contributed by atoms with E-state index in [1.54, 1.807) is 13.8 Å². The first-order valence-electron chi connectivity index (χ1n) is 6.27. The summed E-state index contributed by atoms with van der Waals surface area (Å²) in [5.41, 5.74) is -1.63. The fourth-order valence-electron chi connectivity index (χ4n) is 3.25. The molecular weight excluding hydrogens is 270 g/mol. The molecule has 0 saturated heterocycles. The molecule has 1 saturated carbocycles. The summed E-state index contributed by atoms with van der Waals surface area (Å²) in [4.78, 5) is 24.8. The zero-order valence-corrected chi connectivity index (χ0v) is 12.5. The molecule has 0 spiro atoms. The number of aliphatic carboxylic acids is 1. The van der Waals surface area contributed by atoms with Gasteiger partial charge in [0.05, 0.1) is 5.25 Å². The van der Waals surface area contributed by atoms with Crippen LogP contribution in [0.4, 0.5) is 0 Å². The van der Waals surface area contributed by atoms with Crippen molar-refractivity contribution in [3.63, 3.8) is 0 Å². The van der Waals surface area contributed by atoms with E-state index in [4.69, 9.17) is 0 Å². The quantitative estimate of drug-likeness (QED) is 0.821. The van der Waals surface area contributed by atoms with Gasteiger partial charge in [-0.2, -0.15) is 0 Å². The average molecular weight is 291 g/mol. The highest BCUT2D eigenvalue weighted by molar-refractivity contribution is 7.91. The first-order valence-corrected chi connectivity index (χ1v) is 8.22. The van der Waals surface area contributed by atoms with Crippen LogP contribution in [0.3, 0.4) is 0 Å². The molecule has 0 bridgehead atoms. The largest absolute Gasteiger partial charge is 0.479 e. The maximum Gasteiger partial charge on any atom is 0.331 e. The monoisotopic (exact) mass is 291 g/mol. The Hall–Kier alpha value is -1.11. The Bertz CT molecular complexity index is 484. The van der Waals surface area contributed by atoms with E-state index in [1.165, 1.54) is 11.8 Å². The predicted octanol–water partition coefficient (Wildman–Crippen LogP) is 0.664. The summed E-state index contributed by atoms with van der Waals surface area (Å²) in [6.45, 7) is 4.68. The van der Waals surface area contributed by atoms with Gasteiger partial charge < -0.3 is 10.0 Å². The Kier molecular flexibility index (Phi) is 4.29. The molecule has 0 aromatic heterocycles. The van der Waals surface area contributed by atoms with Crippen LogP contribution in [-0.2, 0) is 19.4 Å². The first-order chi connectivity index (χ1) is 8.55. The van der Waals surface area contributed by atoms with Gasteiger partial charge in [-0.1, -0.05) is 0 Å². The molecule has 0 heterocycles. The standard InChI is InChI=1S/C12H21NO5S/c1-8(2)13(9(3)14)12(11(15)16)7-5-6-10(12)19(4,17)18/h8,10H,5-7H2,1-4H3,(H,15,16). The van der Waals surface area contributed by atoms with Crippen LogP contribution < -0.4 is 0 Å². The van der Waals surface area contributed by atoms with E-state index in [-0.39, 0.29) is 18.9 Å². The van der Waals surface area contributed by atoms with Gasteiger partial charge in [0, 0.05) is 19.2 Å². The van der Waals surface area contributed by atoms with E-state index >= 15 is 0 Å². The van der Waals surface area contributed by atoms with E-state index in [0.29, 0.717) is 6.42 Å². The Labute approximate surface area is 113 Å². The lowest BCUT2D eigenvalue weighted by molar-refractivity contribution is -0.160. The molecule has 1 rings (SSSR count). The normalized spacial score (nSPS) is 27.5. The van der Waals surface area contributed by atoms with Crippen LogP contribution in [0.25, 0.3) is 0 Å². The molecule has 110 valence electrons. The van der Waals surface area contributed by atoms with Crippen LogP contribution in [0.1, 0.15) is 40.0 Å². The fraction of sp³-hybridized carbons (Fsp3) is 0.833. The summed E-state index contributed by atoms with van der Waals surface area (Å²) in [6.07, 6.45) is 1.99. The second-order valence-corrected chi connectivity index (χ2v) is 7.65. The molecule has 1 amide bonds. The summed E-state index contributed by atoms with van der Waals surface area (Å²) in [5, 5.41) is 8.57. The molecule has 6 nitrogen and oxygen atoms in total. The number of carboxylic acids is 1. The summed E-state index contributed by atoms with van der Waals surface area (Å²) >= 11 is 0. The molecule has 0 aromatic carbocycles. The van der Waals surface area contributed by atoms with Gasteiger partial charge >= 0.3 is 5.97 Å². The van der Waals surface area contributed by atoms with E-state index in [2.05, 4.69) is 0 Å². The number of carbonyl (C=O) groups excluding carboxylic acids is 1. The number of nitrogens with zero attached hydrogens (tertiary/aromatic N) is 1. The third-order valence-corrected chi connectivity index (χ3v) is 5.39. The highest BCUT2D eigenvalue weighted by Crippen LogP contribution is 2.41. The van der Waals surface area contributed by atoms with Crippen LogP contribution in [-0.4, -0.2) is 53.4 Å². The molecule has 19 heavy (non-hydrogen) atoms. The molecule has 7 heteroatoms. The summed E-state index contributed by atoms with van der Waals surface area (Å²) in [7, 11) is -3.54. The van der Waals surface area contributed by atoms with Crippen LogP contribution >= 0.6 is 0 Å².